The predicted molar refractivity (Wildman–Crippen MR) is 62.7 cm³/mol. The molecule has 1 aromatic carbocycles. The van der Waals surface area contributed by atoms with E-state index in [1.54, 1.807) is 0 Å². The summed E-state index contributed by atoms with van der Waals surface area (Å²) in [4.78, 5) is 10.9. The number of benzene rings is 1. The van der Waals surface area contributed by atoms with Crippen LogP contribution in [0.1, 0.15) is 25.3 Å². The Labute approximate surface area is 95.9 Å². The molecular weight excluding hydrogens is 200 g/mol. The van der Waals surface area contributed by atoms with E-state index in [0.717, 1.165) is 25.0 Å². The number of ether oxygens (including phenoxy) is 1. The highest BCUT2D eigenvalue weighted by Crippen LogP contribution is 2.29. The van der Waals surface area contributed by atoms with E-state index in [9.17, 15) is 4.79 Å². The molecule has 0 aliphatic heterocycles. The second-order valence-corrected chi connectivity index (χ2v) is 4.16. The first kappa shape index (κ1) is 10.9. The summed E-state index contributed by atoms with van der Waals surface area (Å²) in [6.45, 7) is 1.46. The largest absolute Gasteiger partial charge is 0.431 e. The van der Waals surface area contributed by atoms with Gasteiger partial charge in [-0.15, -0.1) is 0 Å². The first-order valence-electron chi connectivity index (χ1n) is 5.68. The van der Waals surface area contributed by atoms with Crippen LogP contribution >= 0.6 is 0 Å². The van der Waals surface area contributed by atoms with Crippen molar-refractivity contribution in [1.29, 1.82) is 0 Å². The highest BCUT2D eigenvalue weighted by molar-refractivity contribution is 5.67. The lowest BCUT2D eigenvalue weighted by Crippen LogP contribution is -2.09. The van der Waals surface area contributed by atoms with Crippen molar-refractivity contribution >= 4 is 5.97 Å². The van der Waals surface area contributed by atoms with Gasteiger partial charge in [-0.1, -0.05) is 30.3 Å². The van der Waals surface area contributed by atoms with Crippen molar-refractivity contribution in [1.82, 2.24) is 0 Å². The maximum absolute atomic E-state index is 10.9. The second kappa shape index (κ2) is 4.97. The fraction of sp³-hybridized carbons (Fsp3) is 0.357. The zero-order valence-electron chi connectivity index (χ0n) is 9.48. The number of carbonyl (C=O) groups is 1. The standard InChI is InChI=1S/C14H16O2/c1-11(15)16-14-9-5-8-13(14)10-12-6-3-2-4-7-12/h2-4,6-7,9,13H,5,8,10H2,1H3. The first-order chi connectivity index (χ1) is 7.75. The molecule has 1 unspecified atom stereocenters. The monoisotopic (exact) mass is 216 g/mol. The molecule has 2 rings (SSSR count). The lowest BCUT2D eigenvalue weighted by atomic mass is 9.98. The molecule has 0 radical (unpaired) electrons. The van der Waals surface area contributed by atoms with Crippen molar-refractivity contribution < 1.29 is 9.53 Å². The van der Waals surface area contributed by atoms with Crippen molar-refractivity contribution in [3.05, 3.63) is 47.7 Å². The van der Waals surface area contributed by atoms with Gasteiger partial charge in [-0.25, -0.2) is 0 Å². The Hall–Kier alpha value is -1.57. The number of allylic oxidation sites excluding steroid dienone is 2. The fourth-order valence-electron chi connectivity index (χ4n) is 2.13. The molecule has 84 valence electrons. The van der Waals surface area contributed by atoms with Crippen LogP contribution in [-0.2, 0) is 16.0 Å². The zero-order chi connectivity index (χ0) is 11.4. The number of carbonyl (C=O) groups excluding carboxylic acids is 1. The Morgan fingerprint density at radius 3 is 2.81 bits per heavy atom. The SMILES string of the molecule is CC(=O)OC1=CCCC1Cc1ccccc1. The van der Waals surface area contributed by atoms with Crippen LogP contribution in [0, 0.1) is 5.92 Å². The highest BCUT2D eigenvalue weighted by Gasteiger charge is 2.22. The van der Waals surface area contributed by atoms with Crippen molar-refractivity contribution in [3.63, 3.8) is 0 Å². The zero-order valence-corrected chi connectivity index (χ0v) is 9.48. The van der Waals surface area contributed by atoms with E-state index < -0.39 is 0 Å². The van der Waals surface area contributed by atoms with Crippen molar-refractivity contribution in [2.45, 2.75) is 26.2 Å². The summed E-state index contributed by atoms with van der Waals surface area (Å²) in [6.07, 6.45) is 5.09. The summed E-state index contributed by atoms with van der Waals surface area (Å²) in [6, 6.07) is 10.3. The molecule has 1 atom stereocenters. The number of hydrogen-bond donors (Lipinski definition) is 0. The summed E-state index contributed by atoms with van der Waals surface area (Å²) < 4.78 is 5.22. The molecule has 0 fully saturated rings. The van der Waals surface area contributed by atoms with Crippen molar-refractivity contribution in [2.75, 3.05) is 0 Å². The van der Waals surface area contributed by atoms with Gasteiger partial charge in [-0.2, -0.15) is 0 Å². The fourth-order valence-corrected chi connectivity index (χ4v) is 2.13. The van der Waals surface area contributed by atoms with Gasteiger partial charge in [0.1, 0.15) is 5.76 Å². The summed E-state index contributed by atoms with van der Waals surface area (Å²) >= 11 is 0. The van der Waals surface area contributed by atoms with Gasteiger partial charge in [0.05, 0.1) is 0 Å². The minimum Gasteiger partial charge on any atom is -0.431 e. The van der Waals surface area contributed by atoms with E-state index in [2.05, 4.69) is 12.1 Å². The van der Waals surface area contributed by atoms with Crippen LogP contribution in [0.15, 0.2) is 42.2 Å². The number of hydrogen-bond acceptors (Lipinski definition) is 2. The summed E-state index contributed by atoms with van der Waals surface area (Å²) in [5, 5.41) is 0. The van der Waals surface area contributed by atoms with E-state index >= 15 is 0 Å². The summed E-state index contributed by atoms with van der Waals surface area (Å²) in [5.41, 5.74) is 1.30. The van der Waals surface area contributed by atoms with Crippen molar-refractivity contribution in [3.8, 4) is 0 Å². The topological polar surface area (TPSA) is 26.3 Å². The Kier molecular flexibility index (Phi) is 3.40. The van der Waals surface area contributed by atoms with Gasteiger partial charge in [0, 0.05) is 12.8 Å². The van der Waals surface area contributed by atoms with Crippen LogP contribution in [0.25, 0.3) is 0 Å². The van der Waals surface area contributed by atoms with Crippen LogP contribution in [0.5, 0.6) is 0 Å². The summed E-state index contributed by atoms with van der Waals surface area (Å²) in [5.74, 6) is 1.01. The Balaban J connectivity index is 2.00. The molecule has 0 bridgehead atoms. The average molecular weight is 216 g/mol. The molecule has 0 aromatic heterocycles. The van der Waals surface area contributed by atoms with Crippen LogP contribution in [0.2, 0.25) is 0 Å². The maximum Gasteiger partial charge on any atom is 0.307 e. The molecule has 2 nitrogen and oxygen atoms in total. The second-order valence-electron chi connectivity index (χ2n) is 4.16. The van der Waals surface area contributed by atoms with Gasteiger partial charge in [-0.3, -0.25) is 4.79 Å². The highest BCUT2D eigenvalue weighted by atomic mass is 16.5. The van der Waals surface area contributed by atoms with E-state index in [1.807, 2.05) is 24.3 Å². The third-order valence-corrected chi connectivity index (χ3v) is 2.85. The van der Waals surface area contributed by atoms with Gasteiger partial charge in [0.2, 0.25) is 0 Å². The molecule has 1 aliphatic carbocycles. The van der Waals surface area contributed by atoms with Crippen LogP contribution in [0.3, 0.4) is 0 Å². The molecule has 0 N–H and O–H groups in total. The lowest BCUT2D eigenvalue weighted by Gasteiger charge is -2.14. The molecule has 1 aliphatic rings. The quantitative estimate of drug-likeness (QED) is 0.726. The number of esters is 1. The van der Waals surface area contributed by atoms with Gasteiger partial charge >= 0.3 is 5.97 Å². The van der Waals surface area contributed by atoms with Crippen LogP contribution in [-0.4, -0.2) is 5.97 Å². The Morgan fingerprint density at radius 2 is 2.12 bits per heavy atom. The van der Waals surface area contributed by atoms with Gasteiger partial charge in [0.15, 0.2) is 0 Å². The van der Waals surface area contributed by atoms with Gasteiger partial charge < -0.3 is 4.74 Å². The van der Waals surface area contributed by atoms with Gasteiger partial charge in [-0.05, 0) is 30.9 Å². The molecule has 2 heteroatoms. The predicted octanol–water partition coefficient (Wildman–Crippen LogP) is 3.09. The van der Waals surface area contributed by atoms with E-state index in [-0.39, 0.29) is 5.97 Å². The summed E-state index contributed by atoms with van der Waals surface area (Å²) in [7, 11) is 0. The lowest BCUT2D eigenvalue weighted by molar-refractivity contribution is -0.137. The van der Waals surface area contributed by atoms with Crippen molar-refractivity contribution in [2.24, 2.45) is 5.92 Å². The normalized spacial score (nSPS) is 19.3. The Bertz CT molecular complexity index is 392. The third kappa shape index (κ3) is 2.72. The third-order valence-electron chi connectivity index (χ3n) is 2.85. The van der Waals surface area contributed by atoms with Crippen LogP contribution in [0.4, 0.5) is 0 Å². The molecule has 0 saturated carbocycles. The molecule has 0 amide bonds. The Morgan fingerprint density at radius 1 is 1.38 bits per heavy atom. The molecule has 0 saturated heterocycles. The van der Waals surface area contributed by atoms with E-state index in [1.165, 1.54) is 12.5 Å². The molecule has 0 spiro atoms. The molecule has 1 aromatic rings. The first-order valence-corrected chi connectivity index (χ1v) is 5.68. The maximum atomic E-state index is 10.9. The van der Waals surface area contributed by atoms with E-state index in [0.29, 0.717) is 5.92 Å². The smallest absolute Gasteiger partial charge is 0.307 e. The average Bonchev–Trinajstić information content (AvgIpc) is 2.66. The van der Waals surface area contributed by atoms with E-state index in [4.69, 9.17) is 4.74 Å². The van der Waals surface area contributed by atoms with Gasteiger partial charge in [0.25, 0.3) is 0 Å². The molecule has 0 heterocycles. The minimum absolute atomic E-state index is 0.216. The minimum atomic E-state index is -0.216. The number of rotatable bonds is 3. The molecule has 16 heavy (non-hydrogen) atoms. The van der Waals surface area contributed by atoms with Crippen LogP contribution < -0.4 is 0 Å². The molecular formula is C14H16O2.